The van der Waals surface area contributed by atoms with Crippen LogP contribution >= 0.6 is 0 Å². The lowest BCUT2D eigenvalue weighted by Gasteiger charge is -2.35. The summed E-state index contributed by atoms with van der Waals surface area (Å²) in [6.07, 6.45) is 6.85. The molecular formula is C14H24N2O3. The van der Waals surface area contributed by atoms with Gasteiger partial charge in [0.1, 0.15) is 0 Å². The third kappa shape index (κ3) is 3.69. The highest BCUT2D eigenvalue weighted by Gasteiger charge is 2.32. The summed E-state index contributed by atoms with van der Waals surface area (Å²) >= 11 is 0. The Labute approximate surface area is 114 Å². The fourth-order valence-corrected chi connectivity index (χ4v) is 3.08. The highest BCUT2D eigenvalue weighted by Crippen LogP contribution is 2.35. The van der Waals surface area contributed by atoms with Crippen molar-refractivity contribution in [2.75, 3.05) is 26.2 Å². The molecule has 1 aliphatic heterocycles. The molecule has 0 aromatic rings. The van der Waals surface area contributed by atoms with Crippen LogP contribution in [0.1, 0.15) is 44.9 Å². The zero-order valence-corrected chi connectivity index (χ0v) is 11.5. The van der Waals surface area contributed by atoms with Crippen LogP contribution in [0.3, 0.4) is 0 Å². The lowest BCUT2D eigenvalue weighted by Crippen LogP contribution is -2.45. The van der Waals surface area contributed by atoms with Crippen LogP contribution in [0.25, 0.3) is 0 Å². The summed E-state index contributed by atoms with van der Waals surface area (Å²) in [7, 11) is 0. The number of hydrogen-bond acceptors (Lipinski definition) is 3. The number of aliphatic hydroxyl groups excluding tert-OH is 1. The van der Waals surface area contributed by atoms with Crippen LogP contribution in [0.2, 0.25) is 0 Å². The first-order valence-corrected chi connectivity index (χ1v) is 7.31. The average Bonchev–Trinajstić information content (AvgIpc) is 2.83. The third-order valence-corrected chi connectivity index (χ3v) is 4.42. The van der Waals surface area contributed by atoms with E-state index in [1.54, 1.807) is 4.90 Å². The van der Waals surface area contributed by atoms with Gasteiger partial charge in [-0.3, -0.25) is 9.59 Å². The third-order valence-electron chi connectivity index (χ3n) is 4.42. The standard InChI is InChI=1S/C14H24N2O3/c17-11-14(6-2-1-3-7-14)10-15-12(18)9-16-8-4-5-13(16)19/h17H,1-11H2,(H,15,18). The van der Waals surface area contributed by atoms with Crippen LogP contribution in [-0.4, -0.2) is 48.1 Å². The molecule has 2 fully saturated rings. The van der Waals surface area contributed by atoms with Gasteiger partial charge in [0.25, 0.3) is 0 Å². The molecule has 0 aromatic carbocycles. The Morgan fingerprint density at radius 2 is 2.00 bits per heavy atom. The molecule has 0 bridgehead atoms. The van der Waals surface area contributed by atoms with Crippen molar-refractivity contribution in [3.8, 4) is 0 Å². The Morgan fingerprint density at radius 3 is 2.58 bits per heavy atom. The molecule has 1 heterocycles. The number of carbonyl (C=O) groups is 2. The van der Waals surface area contributed by atoms with Gasteiger partial charge >= 0.3 is 0 Å². The van der Waals surface area contributed by atoms with E-state index in [9.17, 15) is 14.7 Å². The molecular weight excluding hydrogens is 244 g/mol. The second-order valence-electron chi connectivity index (χ2n) is 5.91. The van der Waals surface area contributed by atoms with E-state index in [0.717, 1.165) is 32.1 Å². The second-order valence-corrected chi connectivity index (χ2v) is 5.91. The van der Waals surface area contributed by atoms with Crippen LogP contribution in [-0.2, 0) is 9.59 Å². The van der Waals surface area contributed by atoms with Crippen molar-refractivity contribution in [2.24, 2.45) is 5.41 Å². The Balaban J connectivity index is 1.77. The van der Waals surface area contributed by atoms with E-state index in [0.29, 0.717) is 19.5 Å². The van der Waals surface area contributed by atoms with Gasteiger partial charge in [0.05, 0.1) is 13.2 Å². The monoisotopic (exact) mass is 268 g/mol. The second kappa shape index (κ2) is 6.37. The summed E-state index contributed by atoms with van der Waals surface area (Å²) in [5, 5.41) is 12.5. The Kier molecular flexibility index (Phi) is 4.80. The normalized spacial score (nSPS) is 22.6. The number of nitrogens with one attached hydrogen (secondary N) is 1. The van der Waals surface area contributed by atoms with E-state index in [1.807, 2.05) is 0 Å². The maximum absolute atomic E-state index is 11.9. The molecule has 2 aliphatic rings. The first kappa shape index (κ1) is 14.3. The average molecular weight is 268 g/mol. The summed E-state index contributed by atoms with van der Waals surface area (Å²) in [6.45, 7) is 1.53. The lowest BCUT2D eigenvalue weighted by molar-refractivity contribution is -0.133. The van der Waals surface area contributed by atoms with E-state index in [1.165, 1.54) is 6.42 Å². The van der Waals surface area contributed by atoms with Crippen molar-refractivity contribution in [1.82, 2.24) is 10.2 Å². The van der Waals surface area contributed by atoms with Crippen molar-refractivity contribution >= 4 is 11.8 Å². The molecule has 1 saturated heterocycles. The molecule has 1 saturated carbocycles. The minimum atomic E-state index is -0.136. The molecule has 0 spiro atoms. The molecule has 2 rings (SSSR count). The minimum Gasteiger partial charge on any atom is -0.396 e. The Hall–Kier alpha value is -1.10. The fraction of sp³-hybridized carbons (Fsp3) is 0.857. The van der Waals surface area contributed by atoms with Gasteiger partial charge in [-0.1, -0.05) is 19.3 Å². The van der Waals surface area contributed by atoms with Gasteiger partial charge in [0.15, 0.2) is 0 Å². The topological polar surface area (TPSA) is 69.6 Å². The van der Waals surface area contributed by atoms with Crippen molar-refractivity contribution < 1.29 is 14.7 Å². The molecule has 2 amide bonds. The quantitative estimate of drug-likeness (QED) is 0.770. The maximum Gasteiger partial charge on any atom is 0.239 e. The Morgan fingerprint density at radius 1 is 1.26 bits per heavy atom. The zero-order chi connectivity index (χ0) is 13.7. The SMILES string of the molecule is O=C(CN1CCCC1=O)NCC1(CO)CCCCC1. The van der Waals surface area contributed by atoms with Crippen LogP contribution in [0.15, 0.2) is 0 Å². The molecule has 5 heteroatoms. The van der Waals surface area contributed by atoms with E-state index < -0.39 is 0 Å². The van der Waals surface area contributed by atoms with E-state index in [2.05, 4.69) is 5.32 Å². The first-order chi connectivity index (χ1) is 9.15. The minimum absolute atomic E-state index is 0.0738. The first-order valence-electron chi connectivity index (χ1n) is 7.31. The van der Waals surface area contributed by atoms with Gasteiger partial charge in [-0.05, 0) is 19.3 Å². The predicted octanol–water partition coefficient (Wildman–Crippen LogP) is 0.668. The largest absolute Gasteiger partial charge is 0.396 e. The van der Waals surface area contributed by atoms with Crippen molar-refractivity contribution in [1.29, 1.82) is 0 Å². The number of rotatable bonds is 5. The maximum atomic E-state index is 11.9. The Bertz CT molecular complexity index is 338. The number of aliphatic hydroxyl groups is 1. The van der Waals surface area contributed by atoms with Gasteiger partial charge in [0.2, 0.25) is 11.8 Å². The van der Waals surface area contributed by atoms with Crippen molar-refractivity contribution in [3.63, 3.8) is 0 Å². The number of amides is 2. The summed E-state index contributed by atoms with van der Waals surface area (Å²) in [5.74, 6) is -0.0293. The van der Waals surface area contributed by atoms with Crippen LogP contribution < -0.4 is 5.32 Å². The predicted molar refractivity (Wildman–Crippen MR) is 71.4 cm³/mol. The number of likely N-dealkylation sites (tertiary alicyclic amines) is 1. The van der Waals surface area contributed by atoms with Crippen LogP contribution in [0.5, 0.6) is 0 Å². The summed E-state index contributed by atoms with van der Waals surface area (Å²) in [6, 6.07) is 0. The molecule has 108 valence electrons. The van der Waals surface area contributed by atoms with Gasteiger partial charge < -0.3 is 15.3 Å². The van der Waals surface area contributed by atoms with Crippen LogP contribution in [0, 0.1) is 5.41 Å². The molecule has 0 unspecified atom stereocenters. The smallest absolute Gasteiger partial charge is 0.239 e. The highest BCUT2D eigenvalue weighted by atomic mass is 16.3. The van der Waals surface area contributed by atoms with Gasteiger partial charge in [-0.2, -0.15) is 0 Å². The fourth-order valence-electron chi connectivity index (χ4n) is 3.08. The van der Waals surface area contributed by atoms with Crippen molar-refractivity contribution in [2.45, 2.75) is 44.9 Å². The van der Waals surface area contributed by atoms with Crippen molar-refractivity contribution in [3.05, 3.63) is 0 Å². The summed E-state index contributed by atoms with van der Waals surface area (Å²) < 4.78 is 0. The molecule has 0 aromatic heterocycles. The number of carbonyl (C=O) groups excluding carboxylic acids is 2. The molecule has 0 radical (unpaired) electrons. The van der Waals surface area contributed by atoms with Crippen LogP contribution in [0.4, 0.5) is 0 Å². The molecule has 1 aliphatic carbocycles. The van der Waals surface area contributed by atoms with Gasteiger partial charge in [-0.15, -0.1) is 0 Å². The molecule has 19 heavy (non-hydrogen) atoms. The zero-order valence-electron chi connectivity index (χ0n) is 11.5. The molecule has 0 atom stereocenters. The lowest BCUT2D eigenvalue weighted by atomic mass is 9.74. The van der Waals surface area contributed by atoms with Gasteiger partial charge in [-0.25, -0.2) is 0 Å². The summed E-state index contributed by atoms with van der Waals surface area (Å²) in [5.41, 5.74) is -0.136. The van der Waals surface area contributed by atoms with E-state index >= 15 is 0 Å². The molecule has 5 nitrogen and oxygen atoms in total. The summed E-state index contributed by atoms with van der Waals surface area (Å²) in [4.78, 5) is 24.9. The molecule has 2 N–H and O–H groups in total. The van der Waals surface area contributed by atoms with Gasteiger partial charge in [0, 0.05) is 24.9 Å². The van der Waals surface area contributed by atoms with E-state index in [-0.39, 0.29) is 30.4 Å². The number of nitrogens with zero attached hydrogens (tertiary/aromatic N) is 1. The highest BCUT2D eigenvalue weighted by molar-refractivity contribution is 5.85. The van der Waals surface area contributed by atoms with E-state index in [4.69, 9.17) is 0 Å². The number of hydrogen-bond donors (Lipinski definition) is 2.